The van der Waals surface area contributed by atoms with E-state index in [-0.39, 0.29) is 4.90 Å². The molecule has 0 spiro atoms. The summed E-state index contributed by atoms with van der Waals surface area (Å²) in [5, 5.41) is 3.11. The Morgan fingerprint density at radius 2 is 2.17 bits per heavy atom. The number of sulfonamides is 1. The van der Waals surface area contributed by atoms with Gasteiger partial charge in [0.25, 0.3) is 0 Å². The van der Waals surface area contributed by atoms with E-state index in [0.717, 1.165) is 19.0 Å². The number of benzene rings is 1. The molecular weight excluding hydrogens is 255 g/mol. The molecule has 1 aromatic rings. The molecule has 1 aliphatic heterocycles. The number of aryl methyl sites for hydroxylation is 1. The van der Waals surface area contributed by atoms with E-state index < -0.39 is 21.4 Å². The van der Waals surface area contributed by atoms with Crippen LogP contribution in [0.4, 0.5) is 4.39 Å². The van der Waals surface area contributed by atoms with E-state index in [1.54, 1.807) is 6.92 Å². The second-order valence-corrected chi connectivity index (χ2v) is 6.69. The lowest BCUT2D eigenvalue weighted by Crippen LogP contribution is -2.47. The SMILES string of the molecule is Cc1ccc(S(=O)(=O)NC2(C)CCNC2)cc1F. The van der Waals surface area contributed by atoms with Crippen molar-refractivity contribution in [3.05, 3.63) is 29.6 Å². The van der Waals surface area contributed by atoms with Crippen LogP contribution < -0.4 is 10.0 Å². The Balaban J connectivity index is 2.27. The third-order valence-corrected chi connectivity index (χ3v) is 4.84. The third kappa shape index (κ3) is 2.71. The number of rotatable bonds is 3. The van der Waals surface area contributed by atoms with Crippen LogP contribution in [0.25, 0.3) is 0 Å². The summed E-state index contributed by atoms with van der Waals surface area (Å²) in [4.78, 5) is -0.0290. The predicted octanol–water partition coefficient (Wildman–Crippen LogP) is 1.16. The average molecular weight is 272 g/mol. The van der Waals surface area contributed by atoms with E-state index in [1.807, 2.05) is 6.92 Å². The fourth-order valence-electron chi connectivity index (χ4n) is 2.03. The molecule has 1 unspecified atom stereocenters. The lowest BCUT2D eigenvalue weighted by molar-refractivity contribution is 0.451. The first-order valence-electron chi connectivity index (χ1n) is 5.83. The Morgan fingerprint density at radius 1 is 1.44 bits per heavy atom. The summed E-state index contributed by atoms with van der Waals surface area (Å²) in [6.07, 6.45) is 0.723. The normalized spacial score (nSPS) is 24.4. The molecule has 1 fully saturated rings. The smallest absolute Gasteiger partial charge is 0.241 e. The van der Waals surface area contributed by atoms with Crippen molar-refractivity contribution in [3.63, 3.8) is 0 Å². The molecule has 1 atom stereocenters. The monoisotopic (exact) mass is 272 g/mol. The lowest BCUT2D eigenvalue weighted by Gasteiger charge is -2.24. The predicted molar refractivity (Wildman–Crippen MR) is 67.4 cm³/mol. The van der Waals surface area contributed by atoms with Crippen LogP contribution in [-0.4, -0.2) is 27.0 Å². The zero-order valence-corrected chi connectivity index (χ0v) is 11.3. The third-order valence-electron chi connectivity index (χ3n) is 3.20. The van der Waals surface area contributed by atoms with E-state index in [9.17, 15) is 12.8 Å². The zero-order chi connectivity index (χ0) is 13.4. The fourth-order valence-corrected chi connectivity index (χ4v) is 3.47. The first-order chi connectivity index (χ1) is 8.32. The molecule has 1 saturated heterocycles. The molecule has 0 aliphatic carbocycles. The highest BCUT2D eigenvalue weighted by Gasteiger charge is 2.33. The summed E-state index contributed by atoms with van der Waals surface area (Å²) in [5.74, 6) is -0.507. The molecule has 0 radical (unpaired) electrons. The van der Waals surface area contributed by atoms with Crippen molar-refractivity contribution in [2.75, 3.05) is 13.1 Å². The summed E-state index contributed by atoms with van der Waals surface area (Å²) in [5.41, 5.74) is -0.0668. The van der Waals surface area contributed by atoms with Crippen molar-refractivity contribution in [2.24, 2.45) is 0 Å². The fraction of sp³-hybridized carbons (Fsp3) is 0.500. The minimum absolute atomic E-state index is 0.0290. The molecule has 1 heterocycles. The highest BCUT2D eigenvalue weighted by atomic mass is 32.2. The first-order valence-corrected chi connectivity index (χ1v) is 7.32. The Morgan fingerprint density at radius 3 is 2.72 bits per heavy atom. The minimum atomic E-state index is -3.67. The molecule has 0 saturated carbocycles. The highest BCUT2D eigenvalue weighted by molar-refractivity contribution is 7.89. The Hall–Kier alpha value is -0.980. The minimum Gasteiger partial charge on any atom is -0.315 e. The molecule has 0 aromatic heterocycles. The molecule has 0 bridgehead atoms. The molecule has 18 heavy (non-hydrogen) atoms. The Labute approximate surface area is 107 Å². The molecular formula is C12H17FN2O2S. The van der Waals surface area contributed by atoms with Gasteiger partial charge in [-0.05, 0) is 44.5 Å². The Kier molecular flexibility index (Phi) is 3.44. The summed E-state index contributed by atoms with van der Waals surface area (Å²) < 4.78 is 40.4. The maximum Gasteiger partial charge on any atom is 0.241 e. The van der Waals surface area contributed by atoms with Crippen LogP contribution in [0.5, 0.6) is 0 Å². The van der Waals surface area contributed by atoms with E-state index in [1.165, 1.54) is 12.1 Å². The van der Waals surface area contributed by atoms with E-state index >= 15 is 0 Å². The van der Waals surface area contributed by atoms with Gasteiger partial charge in [0.1, 0.15) is 5.82 Å². The van der Waals surface area contributed by atoms with Crippen LogP contribution in [0.1, 0.15) is 18.9 Å². The molecule has 6 heteroatoms. The molecule has 1 aromatic carbocycles. The second kappa shape index (κ2) is 4.60. The molecule has 2 rings (SSSR count). The van der Waals surface area contributed by atoms with Crippen molar-refractivity contribution in [2.45, 2.75) is 30.7 Å². The lowest BCUT2D eigenvalue weighted by atomic mass is 10.0. The van der Waals surface area contributed by atoms with Gasteiger partial charge in [0.2, 0.25) is 10.0 Å². The summed E-state index contributed by atoms with van der Waals surface area (Å²) in [6, 6.07) is 3.95. The van der Waals surface area contributed by atoms with Gasteiger partial charge >= 0.3 is 0 Å². The van der Waals surface area contributed by atoms with Gasteiger partial charge in [-0.25, -0.2) is 17.5 Å². The van der Waals surface area contributed by atoms with Crippen LogP contribution in [0, 0.1) is 12.7 Å². The second-order valence-electron chi connectivity index (χ2n) is 5.00. The van der Waals surface area contributed by atoms with Crippen LogP contribution in [-0.2, 0) is 10.0 Å². The average Bonchev–Trinajstić information content (AvgIpc) is 2.67. The van der Waals surface area contributed by atoms with Gasteiger partial charge < -0.3 is 5.32 Å². The summed E-state index contributed by atoms with van der Waals surface area (Å²) in [7, 11) is -3.67. The number of nitrogens with one attached hydrogen (secondary N) is 2. The van der Waals surface area contributed by atoms with Crippen molar-refractivity contribution >= 4 is 10.0 Å². The highest BCUT2D eigenvalue weighted by Crippen LogP contribution is 2.20. The number of hydrogen-bond acceptors (Lipinski definition) is 3. The molecule has 4 nitrogen and oxygen atoms in total. The Bertz CT molecular complexity index is 551. The zero-order valence-electron chi connectivity index (χ0n) is 10.5. The summed E-state index contributed by atoms with van der Waals surface area (Å²) >= 11 is 0. The van der Waals surface area contributed by atoms with E-state index in [2.05, 4.69) is 10.0 Å². The van der Waals surface area contributed by atoms with Crippen LogP contribution in [0.3, 0.4) is 0 Å². The van der Waals surface area contributed by atoms with Crippen molar-refractivity contribution in [3.8, 4) is 0 Å². The van der Waals surface area contributed by atoms with Crippen molar-refractivity contribution in [1.82, 2.24) is 10.0 Å². The molecule has 2 N–H and O–H groups in total. The van der Waals surface area contributed by atoms with Gasteiger partial charge in [0.05, 0.1) is 4.90 Å². The van der Waals surface area contributed by atoms with Gasteiger partial charge in [-0.3, -0.25) is 0 Å². The van der Waals surface area contributed by atoms with Crippen LogP contribution in [0.2, 0.25) is 0 Å². The van der Waals surface area contributed by atoms with Gasteiger partial charge in [0.15, 0.2) is 0 Å². The maximum atomic E-state index is 13.4. The van der Waals surface area contributed by atoms with Crippen LogP contribution >= 0.6 is 0 Å². The largest absolute Gasteiger partial charge is 0.315 e. The van der Waals surface area contributed by atoms with Gasteiger partial charge in [0, 0.05) is 12.1 Å². The molecule has 0 amide bonds. The van der Waals surface area contributed by atoms with Crippen LogP contribution in [0.15, 0.2) is 23.1 Å². The quantitative estimate of drug-likeness (QED) is 0.868. The van der Waals surface area contributed by atoms with Crippen molar-refractivity contribution in [1.29, 1.82) is 0 Å². The first kappa shape index (κ1) is 13.5. The van der Waals surface area contributed by atoms with Gasteiger partial charge in [-0.15, -0.1) is 0 Å². The topological polar surface area (TPSA) is 58.2 Å². The standard InChI is InChI=1S/C12H17FN2O2S/c1-9-3-4-10(7-11(9)13)18(16,17)15-12(2)5-6-14-8-12/h3-4,7,14-15H,5-6,8H2,1-2H3. The van der Waals surface area contributed by atoms with Crippen molar-refractivity contribution < 1.29 is 12.8 Å². The van der Waals surface area contributed by atoms with Gasteiger partial charge in [-0.2, -0.15) is 0 Å². The summed E-state index contributed by atoms with van der Waals surface area (Å²) in [6.45, 7) is 4.80. The maximum absolute atomic E-state index is 13.4. The number of hydrogen-bond donors (Lipinski definition) is 2. The molecule has 100 valence electrons. The van der Waals surface area contributed by atoms with E-state index in [0.29, 0.717) is 12.1 Å². The van der Waals surface area contributed by atoms with Gasteiger partial charge in [-0.1, -0.05) is 6.07 Å². The van der Waals surface area contributed by atoms with E-state index in [4.69, 9.17) is 0 Å². The molecule has 1 aliphatic rings. The number of halogens is 1.